The van der Waals surface area contributed by atoms with Crippen molar-refractivity contribution >= 4 is 17.7 Å². The lowest BCUT2D eigenvalue weighted by atomic mass is 10.1. The van der Waals surface area contributed by atoms with Gasteiger partial charge < -0.3 is 10.1 Å². The first-order valence-electron chi connectivity index (χ1n) is 9.29. The van der Waals surface area contributed by atoms with Crippen LogP contribution in [0.25, 0.3) is 0 Å². The topological polar surface area (TPSA) is 38.3 Å². The van der Waals surface area contributed by atoms with E-state index in [1.165, 1.54) is 16.0 Å². The van der Waals surface area contributed by atoms with Crippen molar-refractivity contribution in [2.24, 2.45) is 0 Å². The van der Waals surface area contributed by atoms with Gasteiger partial charge in [0.2, 0.25) is 0 Å². The quantitative estimate of drug-likeness (QED) is 0.518. The Bertz CT molecular complexity index is 920. The summed E-state index contributed by atoms with van der Waals surface area (Å²) in [5, 5.41) is 3.05. The number of nitrogens with one attached hydrogen (secondary N) is 1. The third kappa shape index (κ3) is 5.17. The number of para-hydroxylation sites is 1. The molecule has 3 aromatic rings. The van der Waals surface area contributed by atoms with Crippen molar-refractivity contribution in [3.8, 4) is 5.75 Å². The van der Waals surface area contributed by atoms with Crippen LogP contribution in [0.15, 0.2) is 77.7 Å². The van der Waals surface area contributed by atoms with Crippen molar-refractivity contribution in [1.82, 2.24) is 5.32 Å². The van der Waals surface area contributed by atoms with E-state index in [0.717, 1.165) is 17.1 Å². The van der Waals surface area contributed by atoms with Gasteiger partial charge in [0.05, 0.1) is 13.2 Å². The van der Waals surface area contributed by atoms with Crippen molar-refractivity contribution in [3.05, 3.63) is 95.1 Å². The molecule has 0 radical (unpaired) electrons. The van der Waals surface area contributed by atoms with Gasteiger partial charge in [-0.25, -0.2) is 0 Å². The number of hydrogen-bond acceptors (Lipinski definition) is 3. The monoisotopic (exact) mass is 391 g/mol. The molecule has 144 valence electrons. The van der Waals surface area contributed by atoms with E-state index in [1.807, 2.05) is 55.5 Å². The highest BCUT2D eigenvalue weighted by Gasteiger charge is 2.14. The number of benzene rings is 3. The molecule has 0 saturated heterocycles. The van der Waals surface area contributed by atoms with Crippen molar-refractivity contribution in [2.75, 3.05) is 7.11 Å². The van der Waals surface area contributed by atoms with Gasteiger partial charge in [-0.2, -0.15) is 0 Å². The molecule has 0 aliphatic carbocycles. The smallest absolute Gasteiger partial charge is 0.251 e. The molecule has 1 amide bonds. The number of thioether (sulfide) groups is 1. The Morgan fingerprint density at radius 1 is 1.00 bits per heavy atom. The lowest BCUT2D eigenvalue weighted by Crippen LogP contribution is -2.26. The fourth-order valence-corrected chi connectivity index (χ4v) is 3.79. The molecule has 28 heavy (non-hydrogen) atoms. The van der Waals surface area contributed by atoms with Crippen LogP contribution in [0.2, 0.25) is 0 Å². The molecule has 0 fully saturated rings. The molecular formula is C24H25NO2S. The maximum Gasteiger partial charge on any atom is 0.251 e. The minimum Gasteiger partial charge on any atom is -0.496 e. The van der Waals surface area contributed by atoms with Crippen LogP contribution in [0.5, 0.6) is 5.75 Å². The number of carbonyl (C=O) groups excluding carboxylic acids is 1. The third-order valence-electron chi connectivity index (χ3n) is 4.60. The van der Waals surface area contributed by atoms with Crippen LogP contribution >= 0.6 is 11.8 Å². The van der Waals surface area contributed by atoms with E-state index >= 15 is 0 Å². The maximum absolute atomic E-state index is 12.6. The molecule has 0 aliphatic rings. The van der Waals surface area contributed by atoms with E-state index in [2.05, 4.69) is 36.5 Å². The fourth-order valence-electron chi connectivity index (χ4n) is 2.94. The molecule has 0 heterocycles. The highest BCUT2D eigenvalue weighted by Crippen LogP contribution is 2.25. The molecule has 3 aromatic carbocycles. The van der Waals surface area contributed by atoms with Crippen LogP contribution in [-0.4, -0.2) is 13.0 Å². The average molecular weight is 392 g/mol. The van der Waals surface area contributed by atoms with Gasteiger partial charge in [0.15, 0.2) is 0 Å². The molecule has 4 heteroatoms. The molecule has 0 aliphatic heterocycles. The van der Waals surface area contributed by atoms with Gasteiger partial charge in [-0.1, -0.05) is 48.0 Å². The molecule has 3 nitrogen and oxygen atoms in total. The van der Waals surface area contributed by atoms with Gasteiger partial charge in [0.25, 0.3) is 5.91 Å². The van der Waals surface area contributed by atoms with Gasteiger partial charge in [-0.15, -0.1) is 11.8 Å². The molecule has 1 atom stereocenters. The summed E-state index contributed by atoms with van der Waals surface area (Å²) in [4.78, 5) is 13.8. The predicted octanol–water partition coefficient (Wildman–Crippen LogP) is 5.79. The van der Waals surface area contributed by atoms with Crippen molar-refractivity contribution in [3.63, 3.8) is 0 Å². The molecule has 3 rings (SSSR count). The number of aryl methyl sites for hydroxylation is 1. The summed E-state index contributed by atoms with van der Waals surface area (Å²) in [5.74, 6) is 1.57. The standard InChI is InChI=1S/C24H25NO2S/c1-17-8-14-21(15-9-17)28-16-19-10-12-20(13-11-19)24(26)25-18(2)22-6-4-5-7-23(22)27-3/h4-15,18H,16H2,1-3H3,(H,25,26). The number of hydrogen-bond donors (Lipinski definition) is 1. The largest absolute Gasteiger partial charge is 0.496 e. The maximum atomic E-state index is 12.6. The molecule has 1 unspecified atom stereocenters. The van der Waals surface area contributed by atoms with Gasteiger partial charge in [-0.05, 0) is 49.7 Å². The first kappa shape index (κ1) is 20.0. The lowest BCUT2D eigenvalue weighted by Gasteiger charge is -2.17. The van der Waals surface area contributed by atoms with Crippen LogP contribution in [0, 0.1) is 6.92 Å². The van der Waals surface area contributed by atoms with E-state index in [1.54, 1.807) is 18.9 Å². The summed E-state index contributed by atoms with van der Waals surface area (Å²) >= 11 is 1.79. The highest BCUT2D eigenvalue weighted by molar-refractivity contribution is 7.98. The molecule has 0 saturated carbocycles. The lowest BCUT2D eigenvalue weighted by molar-refractivity contribution is 0.0939. The number of carbonyl (C=O) groups is 1. The minimum atomic E-state index is -0.139. The minimum absolute atomic E-state index is 0.0869. The summed E-state index contributed by atoms with van der Waals surface area (Å²) in [6, 6.07) is 23.9. The average Bonchev–Trinajstić information content (AvgIpc) is 2.73. The van der Waals surface area contributed by atoms with E-state index < -0.39 is 0 Å². The zero-order valence-corrected chi connectivity index (χ0v) is 17.3. The van der Waals surface area contributed by atoms with Crippen molar-refractivity contribution in [1.29, 1.82) is 0 Å². The van der Waals surface area contributed by atoms with E-state index in [4.69, 9.17) is 4.74 Å². The normalized spacial score (nSPS) is 11.7. The summed E-state index contributed by atoms with van der Waals surface area (Å²) < 4.78 is 5.39. The van der Waals surface area contributed by atoms with Crippen molar-refractivity contribution in [2.45, 2.75) is 30.5 Å². The third-order valence-corrected chi connectivity index (χ3v) is 5.68. The van der Waals surface area contributed by atoms with E-state index in [-0.39, 0.29) is 11.9 Å². The highest BCUT2D eigenvalue weighted by atomic mass is 32.2. The molecular weight excluding hydrogens is 366 g/mol. The van der Waals surface area contributed by atoms with E-state index in [0.29, 0.717) is 5.56 Å². The number of rotatable bonds is 7. The fraction of sp³-hybridized carbons (Fsp3) is 0.208. The van der Waals surface area contributed by atoms with Crippen LogP contribution in [0.1, 0.15) is 40.0 Å². The number of ether oxygens (including phenoxy) is 1. The zero-order chi connectivity index (χ0) is 19.9. The second-order valence-electron chi connectivity index (χ2n) is 6.74. The Hall–Kier alpha value is -2.72. The molecule has 0 bridgehead atoms. The van der Waals surface area contributed by atoms with Crippen LogP contribution in [0.4, 0.5) is 0 Å². The Morgan fingerprint density at radius 3 is 2.36 bits per heavy atom. The summed E-state index contributed by atoms with van der Waals surface area (Å²) in [6.45, 7) is 4.05. The number of amides is 1. The van der Waals surface area contributed by atoms with Gasteiger partial charge in [-0.3, -0.25) is 4.79 Å². The zero-order valence-electron chi connectivity index (χ0n) is 16.4. The molecule has 0 aromatic heterocycles. The van der Waals surface area contributed by atoms with Gasteiger partial charge in [0, 0.05) is 21.8 Å². The van der Waals surface area contributed by atoms with E-state index in [9.17, 15) is 4.79 Å². The molecule has 0 spiro atoms. The van der Waals surface area contributed by atoms with Crippen LogP contribution in [-0.2, 0) is 5.75 Å². The Kier molecular flexibility index (Phi) is 6.77. The van der Waals surface area contributed by atoms with Gasteiger partial charge >= 0.3 is 0 Å². The summed E-state index contributed by atoms with van der Waals surface area (Å²) in [5.41, 5.74) is 4.08. The van der Waals surface area contributed by atoms with Crippen LogP contribution < -0.4 is 10.1 Å². The summed E-state index contributed by atoms with van der Waals surface area (Å²) in [7, 11) is 1.64. The second kappa shape index (κ2) is 9.47. The Morgan fingerprint density at radius 2 is 1.68 bits per heavy atom. The predicted molar refractivity (Wildman–Crippen MR) is 116 cm³/mol. The van der Waals surface area contributed by atoms with Crippen LogP contribution in [0.3, 0.4) is 0 Å². The number of methoxy groups -OCH3 is 1. The summed E-state index contributed by atoms with van der Waals surface area (Å²) in [6.07, 6.45) is 0. The first-order chi connectivity index (χ1) is 13.6. The SMILES string of the molecule is COc1ccccc1C(C)NC(=O)c1ccc(CSc2ccc(C)cc2)cc1. The molecule has 1 N–H and O–H groups in total. The second-order valence-corrected chi connectivity index (χ2v) is 7.78. The van der Waals surface area contributed by atoms with Gasteiger partial charge in [0.1, 0.15) is 5.75 Å². The van der Waals surface area contributed by atoms with Crippen molar-refractivity contribution < 1.29 is 9.53 Å². The Labute approximate surface area is 171 Å². The first-order valence-corrected chi connectivity index (χ1v) is 10.3. The Balaban J connectivity index is 1.59.